The predicted molar refractivity (Wildman–Crippen MR) is 88.5 cm³/mol. The Morgan fingerprint density at radius 1 is 1.31 bits per heavy atom. The van der Waals surface area contributed by atoms with Crippen LogP contribution in [0.3, 0.4) is 0 Å². The first-order chi connectivity index (χ1) is 12.3. The van der Waals surface area contributed by atoms with E-state index in [4.69, 9.17) is 4.42 Å². The molecule has 0 aliphatic carbocycles. The minimum Gasteiger partial charge on any atom is -0.464 e. The van der Waals surface area contributed by atoms with Crippen molar-refractivity contribution in [3.05, 3.63) is 41.7 Å². The molecule has 0 radical (unpaired) electrons. The molecule has 9 heteroatoms. The molecule has 1 fully saturated rings. The molecule has 0 bridgehead atoms. The maximum Gasteiger partial charge on any atom is 0.433 e. The van der Waals surface area contributed by atoms with Crippen molar-refractivity contribution in [2.75, 3.05) is 25.0 Å². The van der Waals surface area contributed by atoms with Crippen LogP contribution in [-0.2, 0) is 6.18 Å². The van der Waals surface area contributed by atoms with Crippen molar-refractivity contribution in [2.24, 2.45) is 0 Å². The molecule has 26 heavy (non-hydrogen) atoms. The SMILES string of the molecule is Cc1ccc(C(O)CN2CCC(Nc3cc(C(F)(F)F)ncn3)CC2)o1. The molecule has 142 valence electrons. The maximum atomic E-state index is 12.7. The summed E-state index contributed by atoms with van der Waals surface area (Å²) < 4.78 is 43.5. The van der Waals surface area contributed by atoms with E-state index in [0.717, 1.165) is 44.1 Å². The number of piperidine rings is 1. The van der Waals surface area contributed by atoms with Gasteiger partial charge in [0.2, 0.25) is 0 Å². The highest BCUT2D eigenvalue weighted by molar-refractivity contribution is 5.36. The molecular formula is C17H21F3N4O2. The van der Waals surface area contributed by atoms with Crippen LogP contribution >= 0.6 is 0 Å². The van der Waals surface area contributed by atoms with E-state index in [1.54, 1.807) is 6.07 Å². The van der Waals surface area contributed by atoms with Crippen molar-refractivity contribution >= 4 is 5.82 Å². The minimum absolute atomic E-state index is 0.0326. The second-order valence-corrected chi connectivity index (χ2v) is 6.47. The Kier molecular flexibility index (Phi) is 5.47. The van der Waals surface area contributed by atoms with Gasteiger partial charge >= 0.3 is 6.18 Å². The average molecular weight is 370 g/mol. The monoisotopic (exact) mass is 370 g/mol. The van der Waals surface area contributed by atoms with Gasteiger partial charge in [0.25, 0.3) is 0 Å². The Morgan fingerprint density at radius 2 is 2.04 bits per heavy atom. The van der Waals surface area contributed by atoms with Crippen LogP contribution in [0.15, 0.2) is 28.9 Å². The molecule has 1 atom stereocenters. The first kappa shape index (κ1) is 18.7. The minimum atomic E-state index is -4.48. The summed E-state index contributed by atoms with van der Waals surface area (Å²) >= 11 is 0. The molecule has 1 unspecified atom stereocenters. The predicted octanol–water partition coefficient (Wildman–Crippen LogP) is 3.01. The van der Waals surface area contributed by atoms with Gasteiger partial charge in [-0.1, -0.05) is 0 Å². The Hall–Kier alpha value is -2.13. The van der Waals surface area contributed by atoms with E-state index in [9.17, 15) is 18.3 Å². The zero-order valence-electron chi connectivity index (χ0n) is 14.3. The number of rotatable bonds is 5. The molecule has 1 saturated heterocycles. The van der Waals surface area contributed by atoms with Gasteiger partial charge in [0.05, 0.1) is 0 Å². The molecule has 2 aromatic heterocycles. The van der Waals surface area contributed by atoms with Crippen molar-refractivity contribution in [2.45, 2.75) is 38.1 Å². The fourth-order valence-corrected chi connectivity index (χ4v) is 3.03. The van der Waals surface area contributed by atoms with Crippen LogP contribution in [0.5, 0.6) is 0 Å². The average Bonchev–Trinajstić information content (AvgIpc) is 3.03. The highest BCUT2D eigenvalue weighted by Gasteiger charge is 2.33. The molecule has 3 rings (SSSR count). The van der Waals surface area contributed by atoms with Crippen molar-refractivity contribution in [1.29, 1.82) is 0 Å². The molecule has 6 nitrogen and oxygen atoms in total. The Bertz CT molecular complexity index is 727. The second kappa shape index (κ2) is 7.63. The third-order valence-corrected chi connectivity index (χ3v) is 4.42. The van der Waals surface area contributed by atoms with Crippen LogP contribution in [0.25, 0.3) is 0 Å². The molecule has 1 aliphatic rings. The van der Waals surface area contributed by atoms with Gasteiger partial charge in [0.1, 0.15) is 35.5 Å². The summed E-state index contributed by atoms with van der Waals surface area (Å²) in [5.41, 5.74) is -0.954. The van der Waals surface area contributed by atoms with E-state index >= 15 is 0 Å². The van der Waals surface area contributed by atoms with Crippen LogP contribution in [0.4, 0.5) is 19.0 Å². The fourth-order valence-electron chi connectivity index (χ4n) is 3.03. The number of aliphatic hydroxyl groups excluding tert-OH is 1. The number of alkyl halides is 3. The highest BCUT2D eigenvalue weighted by Crippen LogP contribution is 2.28. The molecule has 2 N–H and O–H groups in total. The van der Waals surface area contributed by atoms with E-state index in [-0.39, 0.29) is 11.9 Å². The topological polar surface area (TPSA) is 74.4 Å². The van der Waals surface area contributed by atoms with E-state index < -0.39 is 18.0 Å². The molecule has 0 spiro atoms. The number of hydrogen-bond donors (Lipinski definition) is 2. The van der Waals surface area contributed by atoms with Crippen molar-refractivity contribution in [1.82, 2.24) is 14.9 Å². The molecule has 0 amide bonds. The van der Waals surface area contributed by atoms with Crippen LogP contribution in [-0.4, -0.2) is 45.7 Å². The quantitative estimate of drug-likeness (QED) is 0.843. The number of β-amino-alcohol motifs (C(OH)–C–C–N with tert-alkyl or cyclic N) is 1. The van der Waals surface area contributed by atoms with Crippen molar-refractivity contribution < 1.29 is 22.7 Å². The van der Waals surface area contributed by atoms with E-state index in [1.165, 1.54) is 0 Å². The van der Waals surface area contributed by atoms with Gasteiger partial charge in [-0.05, 0) is 31.9 Å². The summed E-state index contributed by atoms with van der Waals surface area (Å²) in [6.07, 6.45) is -2.76. The number of likely N-dealkylation sites (tertiary alicyclic amines) is 1. The smallest absolute Gasteiger partial charge is 0.433 e. The summed E-state index contributed by atoms with van der Waals surface area (Å²) in [6, 6.07) is 4.54. The fraction of sp³-hybridized carbons (Fsp3) is 0.529. The van der Waals surface area contributed by atoms with E-state index in [0.29, 0.717) is 12.3 Å². The molecule has 1 aliphatic heterocycles. The normalized spacial score (nSPS) is 18.0. The number of halogens is 3. The van der Waals surface area contributed by atoms with Gasteiger partial charge < -0.3 is 19.7 Å². The van der Waals surface area contributed by atoms with Crippen molar-refractivity contribution in [3.63, 3.8) is 0 Å². The van der Waals surface area contributed by atoms with Crippen LogP contribution in [0, 0.1) is 6.92 Å². The largest absolute Gasteiger partial charge is 0.464 e. The second-order valence-electron chi connectivity index (χ2n) is 6.47. The van der Waals surface area contributed by atoms with Gasteiger partial charge in [-0.2, -0.15) is 13.2 Å². The zero-order valence-corrected chi connectivity index (χ0v) is 14.3. The van der Waals surface area contributed by atoms with Crippen molar-refractivity contribution in [3.8, 4) is 0 Å². The zero-order chi connectivity index (χ0) is 18.7. The number of nitrogens with zero attached hydrogens (tertiary/aromatic N) is 3. The number of anilines is 1. The lowest BCUT2D eigenvalue weighted by molar-refractivity contribution is -0.141. The number of aromatic nitrogens is 2. The number of hydrogen-bond acceptors (Lipinski definition) is 6. The van der Waals surface area contributed by atoms with E-state index in [1.807, 2.05) is 13.0 Å². The standard InChI is InChI=1S/C17H21F3N4O2/c1-11-2-3-14(26-11)13(25)9-24-6-4-12(5-7-24)23-16-8-15(17(18,19)20)21-10-22-16/h2-3,8,10,12-13,25H,4-7,9H2,1H3,(H,21,22,23). The summed E-state index contributed by atoms with van der Waals surface area (Å²) in [7, 11) is 0. The van der Waals surface area contributed by atoms with Gasteiger partial charge in [-0.25, -0.2) is 9.97 Å². The molecule has 0 aromatic carbocycles. The van der Waals surface area contributed by atoms with Gasteiger partial charge in [-0.3, -0.25) is 0 Å². The van der Waals surface area contributed by atoms with Crippen LogP contribution < -0.4 is 5.32 Å². The highest BCUT2D eigenvalue weighted by atomic mass is 19.4. The Labute approximate surface area is 149 Å². The number of aliphatic hydroxyl groups is 1. The summed E-state index contributed by atoms with van der Waals surface area (Å²) in [5, 5.41) is 13.3. The lowest BCUT2D eigenvalue weighted by Gasteiger charge is -2.33. The lowest BCUT2D eigenvalue weighted by Crippen LogP contribution is -2.41. The molecule has 0 saturated carbocycles. The number of nitrogens with one attached hydrogen (secondary N) is 1. The van der Waals surface area contributed by atoms with Gasteiger partial charge in [0.15, 0.2) is 0 Å². The van der Waals surface area contributed by atoms with Crippen LogP contribution in [0.2, 0.25) is 0 Å². The summed E-state index contributed by atoms with van der Waals surface area (Å²) in [6.45, 7) is 3.74. The third-order valence-electron chi connectivity index (χ3n) is 4.42. The lowest BCUT2D eigenvalue weighted by atomic mass is 10.0. The number of aryl methyl sites for hydroxylation is 1. The maximum absolute atomic E-state index is 12.7. The first-order valence-corrected chi connectivity index (χ1v) is 8.44. The summed E-state index contributed by atoms with van der Waals surface area (Å²) in [4.78, 5) is 9.24. The molecule has 2 aromatic rings. The number of furan rings is 1. The summed E-state index contributed by atoms with van der Waals surface area (Å²) in [5.74, 6) is 1.48. The Balaban J connectivity index is 1.49. The van der Waals surface area contributed by atoms with E-state index in [2.05, 4.69) is 20.2 Å². The molecule has 3 heterocycles. The van der Waals surface area contributed by atoms with Gasteiger partial charge in [-0.15, -0.1) is 0 Å². The third kappa shape index (κ3) is 4.73. The van der Waals surface area contributed by atoms with Gasteiger partial charge in [0, 0.05) is 31.7 Å². The first-order valence-electron chi connectivity index (χ1n) is 8.44. The molecular weight excluding hydrogens is 349 g/mol. The Morgan fingerprint density at radius 3 is 2.65 bits per heavy atom. The van der Waals surface area contributed by atoms with Crippen LogP contribution in [0.1, 0.15) is 36.2 Å².